The van der Waals surface area contributed by atoms with Crippen molar-refractivity contribution in [2.45, 2.75) is 13.8 Å². The molecule has 0 atom stereocenters. The van der Waals surface area contributed by atoms with E-state index in [1.54, 1.807) is 18.2 Å². The van der Waals surface area contributed by atoms with E-state index in [9.17, 15) is 19.3 Å². The molecule has 0 aliphatic heterocycles. The molecule has 0 spiro atoms. The summed E-state index contributed by atoms with van der Waals surface area (Å²) in [7, 11) is -10.1. The summed E-state index contributed by atoms with van der Waals surface area (Å²) in [6, 6.07) is 18.8. The second-order valence-electron chi connectivity index (χ2n) is 6.61. The summed E-state index contributed by atoms with van der Waals surface area (Å²) in [6.45, 7) is 4.10. The van der Waals surface area contributed by atoms with Crippen LogP contribution in [0.2, 0.25) is 0 Å². The Bertz CT molecular complexity index is 1110. The Morgan fingerprint density at radius 2 is 1.19 bits per heavy atom. The maximum Gasteiger partial charge on any atom is 0.478 e. The zero-order valence-corrected chi connectivity index (χ0v) is 18.4. The molecule has 0 aliphatic carbocycles. The van der Waals surface area contributed by atoms with Crippen LogP contribution in [0.1, 0.15) is 11.1 Å². The predicted molar refractivity (Wildman–Crippen MR) is 115 cm³/mol. The van der Waals surface area contributed by atoms with E-state index in [-0.39, 0.29) is 11.5 Å². The van der Waals surface area contributed by atoms with Gasteiger partial charge < -0.3 is 29.8 Å². The molecule has 166 valence electrons. The molecular weight excluding hydrogens is 446 g/mol. The van der Waals surface area contributed by atoms with E-state index >= 15 is 0 Å². The van der Waals surface area contributed by atoms with Gasteiger partial charge in [0.05, 0.1) is 0 Å². The van der Waals surface area contributed by atoms with Crippen molar-refractivity contribution in [2.24, 2.45) is 0 Å². The van der Waals surface area contributed by atoms with Crippen LogP contribution < -0.4 is 0 Å². The lowest BCUT2D eigenvalue weighted by Gasteiger charge is -2.13. The van der Waals surface area contributed by atoms with Crippen LogP contribution in [0, 0.1) is 13.8 Å². The van der Waals surface area contributed by atoms with Gasteiger partial charge in [-0.25, -0.2) is 9.13 Å². The van der Waals surface area contributed by atoms with Crippen LogP contribution in [0.25, 0.3) is 22.3 Å². The van der Waals surface area contributed by atoms with E-state index in [0.29, 0.717) is 0 Å². The first-order valence-corrected chi connectivity index (χ1v) is 11.8. The largest absolute Gasteiger partial charge is 0.508 e. The third-order valence-electron chi connectivity index (χ3n) is 4.16. The van der Waals surface area contributed by atoms with Crippen molar-refractivity contribution >= 4 is 15.6 Å². The van der Waals surface area contributed by atoms with Crippen molar-refractivity contribution < 1.29 is 43.2 Å². The highest BCUT2D eigenvalue weighted by molar-refractivity contribution is 7.60. The lowest BCUT2D eigenvalue weighted by molar-refractivity contribution is 0.225. The molecule has 0 fully saturated rings. The molecule has 0 saturated carbocycles. The molecule has 3 aromatic carbocycles. The van der Waals surface area contributed by atoms with E-state index in [1.165, 1.54) is 0 Å². The predicted octanol–water partition coefficient (Wildman–Crippen LogP) is 4.24. The monoisotopic (exact) mass is 468 g/mol. The molecule has 0 heterocycles. The zero-order chi connectivity index (χ0) is 23.4. The lowest BCUT2D eigenvalue weighted by atomic mass is 9.92. The molecule has 0 aromatic heterocycles. The van der Waals surface area contributed by atoms with Crippen LogP contribution in [0.4, 0.5) is 0 Å². The van der Waals surface area contributed by atoms with Crippen molar-refractivity contribution in [2.75, 3.05) is 0 Å². The minimum absolute atomic E-state index is 0.248. The molecule has 9 nitrogen and oxygen atoms in total. The number of phosphoric acid groups is 2. The number of aromatic hydroxyl groups is 2. The average molecular weight is 468 g/mol. The van der Waals surface area contributed by atoms with Crippen LogP contribution in [0.3, 0.4) is 0 Å². The summed E-state index contributed by atoms with van der Waals surface area (Å²) in [5, 5.41) is 19.7. The second kappa shape index (κ2) is 9.77. The van der Waals surface area contributed by atoms with E-state index in [2.05, 4.69) is 30.3 Å². The maximum absolute atomic E-state index is 10.3. The summed E-state index contributed by atoms with van der Waals surface area (Å²) in [6.07, 6.45) is 0. The zero-order valence-electron chi connectivity index (χ0n) is 16.6. The van der Waals surface area contributed by atoms with E-state index in [4.69, 9.17) is 19.6 Å². The number of hydrogen-bond donors (Lipinski definition) is 6. The minimum Gasteiger partial charge on any atom is -0.508 e. The Balaban J connectivity index is 0.000000323. The van der Waals surface area contributed by atoms with Crippen molar-refractivity contribution in [3.05, 3.63) is 71.8 Å². The molecule has 3 aromatic rings. The quantitative estimate of drug-likeness (QED) is 0.307. The Morgan fingerprint density at radius 3 is 1.65 bits per heavy atom. The normalized spacial score (nSPS) is 11.5. The highest BCUT2D eigenvalue weighted by atomic mass is 31.3. The van der Waals surface area contributed by atoms with E-state index in [1.807, 2.05) is 30.3 Å². The van der Waals surface area contributed by atoms with Gasteiger partial charge in [0.15, 0.2) is 0 Å². The summed E-state index contributed by atoms with van der Waals surface area (Å²) >= 11 is 0. The second-order valence-corrected chi connectivity index (χ2v) is 9.22. The lowest BCUT2D eigenvalue weighted by Crippen LogP contribution is -1.89. The number of benzene rings is 3. The maximum atomic E-state index is 10.3. The van der Waals surface area contributed by atoms with Gasteiger partial charge in [0.1, 0.15) is 11.5 Å². The highest BCUT2D eigenvalue weighted by Gasteiger charge is 2.27. The van der Waals surface area contributed by atoms with Crippen LogP contribution in [-0.2, 0) is 13.4 Å². The van der Waals surface area contributed by atoms with Gasteiger partial charge in [-0.1, -0.05) is 36.4 Å². The Hall–Kier alpha value is -2.48. The summed E-state index contributed by atoms with van der Waals surface area (Å²) in [5.41, 5.74) is 6.19. The summed E-state index contributed by atoms with van der Waals surface area (Å²) in [4.78, 5) is 31.0. The molecule has 0 radical (unpaired) electrons. The SMILES string of the molecule is Cc1cccc(C)c1-c1cc(-c2ccc(O)cc2)ccc1O.O=P(O)(O)OP(=O)(O)O. The Kier molecular flexibility index (Phi) is 7.81. The van der Waals surface area contributed by atoms with Gasteiger partial charge in [-0.3, -0.25) is 0 Å². The van der Waals surface area contributed by atoms with Crippen LogP contribution in [-0.4, -0.2) is 29.8 Å². The highest BCUT2D eigenvalue weighted by Crippen LogP contribution is 2.53. The molecule has 11 heteroatoms. The van der Waals surface area contributed by atoms with Crippen LogP contribution in [0.15, 0.2) is 60.7 Å². The first kappa shape index (κ1) is 24.8. The van der Waals surface area contributed by atoms with Gasteiger partial charge in [-0.15, -0.1) is 0 Å². The minimum atomic E-state index is -5.05. The van der Waals surface area contributed by atoms with Gasteiger partial charge in [0, 0.05) is 5.56 Å². The first-order valence-electron chi connectivity index (χ1n) is 8.78. The topological polar surface area (TPSA) is 165 Å². The van der Waals surface area contributed by atoms with Crippen LogP contribution >= 0.6 is 15.6 Å². The standard InChI is InChI=1S/C20H18O2.H4O7P2/c1-13-4-3-5-14(2)20(13)18-12-16(8-11-19(18)22)15-6-9-17(21)10-7-15;1-8(2,3)7-9(4,5)6/h3-12,21-22H,1-2H3;(H2,1,2,3)(H2,4,5,6). The van der Waals surface area contributed by atoms with Crippen molar-refractivity contribution in [3.63, 3.8) is 0 Å². The summed E-state index contributed by atoms with van der Waals surface area (Å²) < 4.78 is 22.2. The molecule has 6 N–H and O–H groups in total. The molecule has 0 unspecified atom stereocenters. The fourth-order valence-corrected chi connectivity index (χ4v) is 4.06. The van der Waals surface area contributed by atoms with Crippen molar-refractivity contribution in [1.82, 2.24) is 0 Å². The number of hydrogen-bond acceptors (Lipinski definition) is 5. The fraction of sp³-hybridized carbons (Fsp3) is 0.100. The summed E-state index contributed by atoms with van der Waals surface area (Å²) in [5.74, 6) is 0.525. The van der Waals surface area contributed by atoms with Gasteiger partial charge >= 0.3 is 15.6 Å². The first-order chi connectivity index (χ1) is 14.3. The van der Waals surface area contributed by atoms with E-state index in [0.717, 1.165) is 33.4 Å². The van der Waals surface area contributed by atoms with Gasteiger partial charge in [-0.05, 0) is 65.9 Å². The fourth-order valence-electron chi connectivity index (χ4n) is 2.95. The molecule has 3 rings (SSSR count). The third-order valence-corrected chi connectivity index (χ3v) is 5.86. The molecule has 0 saturated heterocycles. The van der Waals surface area contributed by atoms with Gasteiger partial charge in [0.2, 0.25) is 0 Å². The molecule has 0 amide bonds. The van der Waals surface area contributed by atoms with Gasteiger partial charge in [-0.2, -0.15) is 4.31 Å². The Labute approximate surface area is 178 Å². The smallest absolute Gasteiger partial charge is 0.478 e. The number of aryl methyl sites for hydroxylation is 2. The van der Waals surface area contributed by atoms with Gasteiger partial charge in [0.25, 0.3) is 0 Å². The molecule has 0 bridgehead atoms. The van der Waals surface area contributed by atoms with E-state index < -0.39 is 15.6 Å². The number of phenols is 2. The average Bonchev–Trinajstić information content (AvgIpc) is 2.61. The third kappa shape index (κ3) is 7.61. The number of phenolic OH excluding ortho intramolecular Hbond substituents is 2. The van der Waals surface area contributed by atoms with Crippen molar-refractivity contribution in [3.8, 4) is 33.8 Å². The molecular formula is C20H22O9P2. The molecule has 31 heavy (non-hydrogen) atoms. The Morgan fingerprint density at radius 1 is 0.710 bits per heavy atom. The molecule has 0 aliphatic rings. The number of rotatable bonds is 4. The van der Waals surface area contributed by atoms with Crippen molar-refractivity contribution in [1.29, 1.82) is 0 Å². The van der Waals surface area contributed by atoms with Crippen LogP contribution in [0.5, 0.6) is 11.5 Å².